The second kappa shape index (κ2) is 7.79. The van der Waals surface area contributed by atoms with Crippen molar-refractivity contribution >= 4 is 40.4 Å². The van der Waals surface area contributed by atoms with Gasteiger partial charge in [0.15, 0.2) is 11.8 Å². The summed E-state index contributed by atoms with van der Waals surface area (Å²) in [5.41, 5.74) is 0.199. The van der Waals surface area contributed by atoms with Crippen molar-refractivity contribution in [3.63, 3.8) is 0 Å². The molecule has 0 aliphatic carbocycles. The topological polar surface area (TPSA) is 86.1 Å². The van der Waals surface area contributed by atoms with E-state index in [1.54, 1.807) is 33.7 Å². The number of hydrogen-bond donors (Lipinski definition) is 1. The number of rotatable bonds is 6. The molecule has 0 aromatic carbocycles. The molecular weight excluding hydrogens is 372 g/mol. The number of carbonyl (C=O) groups is 2. The number of hydrogen-bond acceptors (Lipinski definition) is 7. The zero-order valence-corrected chi connectivity index (χ0v) is 16.1. The molecule has 0 unspecified atom stereocenters. The third-order valence-corrected chi connectivity index (χ3v) is 5.39. The van der Waals surface area contributed by atoms with Crippen LogP contribution in [0.2, 0.25) is 0 Å². The lowest BCUT2D eigenvalue weighted by molar-refractivity contribution is -0.123. The fraction of sp³-hybridized carbons (Fsp3) is 0.294. The number of carbonyl (C=O) groups excluding carboxylic acids is 2. The fourth-order valence-electron chi connectivity index (χ4n) is 2.21. The highest BCUT2D eigenvalue weighted by molar-refractivity contribution is 7.20. The van der Waals surface area contributed by atoms with Crippen LogP contribution in [-0.4, -0.2) is 32.7 Å². The zero-order valence-electron chi connectivity index (χ0n) is 14.5. The third kappa shape index (κ3) is 4.00. The monoisotopic (exact) mass is 390 g/mol. The Morgan fingerprint density at radius 3 is 2.73 bits per heavy atom. The quantitative estimate of drug-likeness (QED) is 0.647. The number of aromatic nitrogens is 3. The van der Waals surface area contributed by atoms with Gasteiger partial charge >= 0.3 is 5.97 Å². The summed E-state index contributed by atoms with van der Waals surface area (Å²) in [6.07, 6.45) is 0.651. The first-order chi connectivity index (χ1) is 12.5. The van der Waals surface area contributed by atoms with E-state index < -0.39 is 18.0 Å². The fourth-order valence-corrected chi connectivity index (χ4v) is 3.81. The van der Waals surface area contributed by atoms with Crippen LogP contribution in [0, 0.1) is 0 Å². The van der Waals surface area contributed by atoms with Crippen molar-refractivity contribution in [1.82, 2.24) is 14.8 Å². The van der Waals surface area contributed by atoms with Gasteiger partial charge in [-0.05, 0) is 32.2 Å². The van der Waals surface area contributed by atoms with E-state index in [-0.39, 0.29) is 11.7 Å². The highest BCUT2D eigenvalue weighted by Crippen LogP contribution is 2.28. The van der Waals surface area contributed by atoms with Gasteiger partial charge in [0.1, 0.15) is 10.8 Å². The molecule has 0 spiro atoms. The molecule has 9 heteroatoms. The molecule has 136 valence electrons. The van der Waals surface area contributed by atoms with Gasteiger partial charge < -0.3 is 10.1 Å². The molecule has 0 saturated carbocycles. The lowest BCUT2D eigenvalue weighted by Gasteiger charge is -2.15. The van der Waals surface area contributed by atoms with Crippen LogP contribution in [0.4, 0.5) is 5.82 Å². The van der Waals surface area contributed by atoms with Crippen molar-refractivity contribution < 1.29 is 14.3 Å². The molecule has 7 nitrogen and oxygen atoms in total. The Morgan fingerprint density at radius 2 is 2.04 bits per heavy atom. The smallest absolute Gasteiger partial charge is 0.358 e. The predicted molar refractivity (Wildman–Crippen MR) is 102 cm³/mol. The number of thiophene rings is 1. The SMILES string of the molecule is CC(C)n1nccc1NC(=O)[C@H](C)OC(=O)c1csc(-c2cccs2)n1. The van der Waals surface area contributed by atoms with Crippen molar-refractivity contribution in [2.45, 2.75) is 32.9 Å². The van der Waals surface area contributed by atoms with Gasteiger partial charge in [-0.15, -0.1) is 22.7 Å². The van der Waals surface area contributed by atoms with Crippen LogP contribution in [0.3, 0.4) is 0 Å². The van der Waals surface area contributed by atoms with E-state index in [4.69, 9.17) is 4.74 Å². The lowest BCUT2D eigenvalue weighted by Crippen LogP contribution is -2.31. The molecule has 0 fully saturated rings. The maximum Gasteiger partial charge on any atom is 0.358 e. The van der Waals surface area contributed by atoms with Gasteiger partial charge in [-0.1, -0.05) is 6.07 Å². The Morgan fingerprint density at radius 1 is 1.23 bits per heavy atom. The first kappa shape index (κ1) is 18.3. The molecule has 3 rings (SSSR count). The van der Waals surface area contributed by atoms with Crippen LogP contribution in [-0.2, 0) is 9.53 Å². The molecule has 3 aromatic heterocycles. The van der Waals surface area contributed by atoms with Gasteiger partial charge in [-0.2, -0.15) is 5.10 Å². The standard InChI is InChI=1S/C17H18N4O3S2/c1-10(2)21-14(6-7-18-21)20-15(22)11(3)24-17(23)12-9-26-16(19-12)13-5-4-8-25-13/h4-11H,1-3H3,(H,20,22)/t11-/m0/s1. The summed E-state index contributed by atoms with van der Waals surface area (Å²) in [5, 5.41) is 11.2. The van der Waals surface area contributed by atoms with Gasteiger partial charge in [0, 0.05) is 17.5 Å². The van der Waals surface area contributed by atoms with Crippen molar-refractivity contribution in [2.24, 2.45) is 0 Å². The molecule has 0 aliphatic rings. The summed E-state index contributed by atoms with van der Waals surface area (Å²) in [4.78, 5) is 29.8. The third-order valence-electron chi connectivity index (χ3n) is 3.51. The summed E-state index contributed by atoms with van der Waals surface area (Å²) in [5.74, 6) is -0.486. The Balaban J connectivity index is 1.62. The minimum atomic E-state index is -0.954. The minimum Gasteiger partial charge on any atom is -0.448 e. The highest BCUT2D eigenvalue weighted by Gasteiger charge is 2.22. The summed E-state index contributed by atoms with van der Waals surface area (Å²) < 4.78 is 6.93. The van der Waals surface area contributed by atoms with Crippen molar-refractivity contribution in [2.75, 3.05) is 5.32 Å². The summed E-state index contributed by atoms with van der Waals surface area (Å²) in [6.45, 7) is 5.44. The summed E-state index contributed by atoms with van der Waals surface area (Å²) in [7, 11) is 0. The Labute approximate surface area is 158 Å². The van der Waals surface area contributed by atoms with Gasteiger partial charge in [0.2, 0.25) is 0 Å². The van der Waals surface area contributed by atoms with Crippen LogP contribution in [0.15, 0.2) is 35.2 Å². The van der Waals surface area contributed by atoms with Crippen LogP contribution in [0.1, 0.15) is 37.3 Å². The van der Waals surface area contributed by atoms with E-state index in [2.05, 4.69) is 15.4 Å². The molecule has 0 bridgehead atoms. The Kier molecular flexibility index (Phi) is 5.48. The van der Waals surface area contributed by atoms with Gasteiger partial charge in [0.05, 0.1) is 11.1 Å². The molecule has 0 aliphatic heterocycles. The van der Waals surface area contributed by atoms with Gasteiger partial charge in [-0.25, -0.2) is 14.5 Å². The zero-order chi connectivity index (χ0) is 18.7. The number of nitrogens with zero attached hydrogens (tertiary/aromatic N) is 3. The average molecular weight is 390 g/mol. The van der Waals surface area contributed by atoms with E-state index >= 15 is 0 Å². The second-order valence-electron chi connectivity index (χ2n) is 5.81. The predicted octanol–water partition coefficient (Wildman–Crippen LogP) is 3.83. The molecule has 26 heavy (non-hydrogen) atoms. The van der Waals surface area contributed by atoms with E-state index in [0.29, 0.717) is 5.82 Å². The highest BCUT2D eigenvalue weighted by atomic mass is 32.1. The number of esters is 1. The number of nitrogens with one attached hydrogen (secondary N) is 1. The van der Waals surface area contributed by atoms with Crippen molar-refractivity contribution in [3.8, 4) is 9.88 Å². The van der Waals surface area contributed by atoms with E-state index in [1.165, 1.54) is 18.3 Å². The molecule has 1 amide bonds. The first-order valence-corrected chi connectivity index (χ1v) is 9.76. The number of ether oxygens (including phenoxy) is 1. The maximum absolute atomic E-state index is 12.3. The van der Waals surface area contributed by atoms with Crippen LogP contribution < -0.4 is 5.32 Å². The molecule has 3 aromatic rings. The lowest BCUT2D eigenvalue weighted by atomic mass is 10.3. The van der Waals surface area contributed by atoms with Crippen LogP contribution >= 0.6 is 22.7 Å². The molecule has 3 heterocycles. The Hall–Kier alpha value is -2.52. The van der Waals surface area contributed by atoms with Crippen LogP contribution in [0.5, 0.6) is 0 Å². The summed E-state index contributed by atoms with van der Waals surface area (Å²) >= 11 is 2.92. The van der Waals surface area contributed by atoms with E-state index in [0.717, 1.165) is 9.88 Å². The number of thiazole rings is 1. The van der Waals surface area contributed by atoms with Crippen LogP contribution in [0.25, 0.3) is 9.88 Å². The number of anilines is 1. The Bertz CT molecular complexity index is 899. The molecule has 0 saturated heterocycles. The largest absolute Gasteiger partial charge is 0.448 e. The molecular formula is C17H18N4O3S2. The average Bonchev–Trinajstić information content (AvgIpc) is 3.34. The van der Waals surface area contributed by atoms with Gasteiger partial charge in [-0.3, -0.25) is 4.79 Å². The minimum absolute atomic E-state index is 0.101. The molecule has 0 radical (unpaired) electrons. The summed E-state index contributed by atoms with van der Waals surface area (Å²) in [6, 6.07) is 5.66. The first-order valence-electron chi connectivity index (χ1n) is 8.00. The van der Waals surface area contributed by atoms with Gasteiger partial charge in [0.25, 0.3) is 5.91 Å². The van der Waals surface area contributed by atoms with E-state index in [9.17, 15) is 9.59 Å². The molecule has 1 N–H and O–H groups in total. The normalized spacial score (nSPS) is 12.2. The molecule has 1 atom stereocenters. The van der Waals surface area contributed by atoms with E-state index in [1.807, 2.05) is 31.4 Å². The van der Waals surface area contributed by atoms with Crippen molar-refractivity contribution in [3.05, 3.63) is 40.8 Å². The van der Waals surface area contributed by atoms with Crippen molar-refractivity contribution in [1.29, 1.82) is 0 Å². The second-order valence-corrected chi connectivity index (χ2v) is 7.61. The number of amides is 1. The maximum atomic E-state index is 12.3.